The Bertz CT molecular complexity index is 966. The van der Waals surface area contributed by atoms with Crippen molar-refractivity contribution in [3.05, 3.63) is 54.1 Å². The fraction of sp³-hybridized carbons (Fsp3) is 0.375. The van der Waals surface area contributed by atoms with Gasteiger partial charge in [0, 0.05) is 23.4 Å². The fourth-order valence-corrected chi connectivity index (χ4v) is 3.83. The smallest absolute Gasteiger partial charge is 0.293 e. The van der Waals surface area contributed by atoms with Gasteiger partial charge in [0.05, 0.1) is 0 Å². The summed E-state index contributed by atoms with van der Waals surface area (Å²) in [4.78, 5) is 10.7. The molecule has 0 aliphatic rings. The number of benzene rings is 2. The van der Waals surface area contributed by atoms with E-state index in [-0.39, 0.29) is 0 Å². The van der Waals surface area contributed by atoms with E-state index in [0.717, 1.165) is 34.5 Å². The van der Waals surface area contributed by atoms with E-state index in [2.05, 4.69) is 31.2 Å². The molecule has 0 amide bonds. The number of furan rings is 1. The van der Waals surface area contributed by atoms with Crippen molar-refractivity contribution in [2.45, 2.75) is 58.7 Å². The van der Waals surface area contributed by atoms with E-state index >= 15 is 0 Å². The van der Waals surface area contributed by atoms with Gasteiger partial charge in [-0.15, -0.1) is 0 Å². The SMILES string of the molecule is CCc1ccccc1-c1cc2ccc(OC(C)(C)CC(C)(C)OC=O)cc2o1. The topological polar surface area (TPSA) is 48.7 Å². The van der Waals surface area contributed by atoms with Gasteiger partial charge in [-0.3, -0.25) is 4.79 Å². The van der Waals surface area contributed by atoms with E-state index in [1.165, 1.54) is 5.56 Å². The first-order valence-electron chi connectivity index (χ1n) is 9.65. The van der Waals surface area contributed by atoms with E-state index in [1.807, 2.05) is 52.0 Å². The lowest BCUT2D eigenvalue weighted by Gasteiger charge is -2.34. The largest absolute Gasteiger partial charge is 0.488 e. The number of ether oxygens (including phenoxy) is 2. The van der Waals surface area contributed by atoms with Gasteiger partial charge < -0.3 is 13.9 Å². The molecule has 0 radical (unpaired) electrons. The molecule has 0 bridgehead atoms. The maximum Gasteiger partial charge on any atom is 0.293 e. The summed E-state index contributed by atoms with van der Waals surface area (Å²) < 4.78 is 17.5. The molecule has 0 fully saturated rings. The molecular weight excluding hydrogens is 352 g/mol. The molecule has 0 aliphatic carbocycles. The Kier molecular flexibility index (Phi) is 5.50. The fourth-order valence-electron chi connectivity index (χ4n) is 3.83. The first kappa shape index (κ1) is 20.0. The number of rotatable bonds is 8. The minimum atomic E-state index is -0.600. The number of carbonyl (C=O) groups excluding carboxylic acids is 1. The first-order chi connectivity index (χ1) is 13.2. The second-order valence-electron chi connectivity index (χ2n) is 8.33. The molecule has 0 saturated carbocycles. The number of fused-ring (bicyclic) bond motifs is 1. The number of carbonyl (C=O) groups is 1. The minimum absolute atomic E-state index is 0.487. The van der Waals surface area contributed by atoms with Crippen LogP contribution in [0.25, 0.3) is 22.3 Å². The van der Waals surface area contributed by atoms with Crippen LogP contribution in [0.2, 0.25) is 0 Å². The highest BCUT2D eigenvalue weighted by Crippen LogP contribution is 2.34. The van der Waals surface area contributed by atoms with E-state index in [0.29, 0.717) is 12.9 Å². The zero-order valence-corrected chi connectivity index (χ0v) is 17.2. The van der Waals surface area contributed by atoms with Crippen molar-refractivity contribution in [3.63, 3.8) is 0 Å². The average molecular weight is 380 g/mol. The lowest BCUT2D eigenvalue weighted by Crippen LogP contribution is -2.39. The molecule has 148 valence electrons. The van der Waals surface area contributed by atoms with Crippen LogP contribution >= 0.6 is 0 Å². The number of hydrogen-bond acceptors (Lipinski definition) is 4. The predicted molar refractivity (Wildman–Crippen MR) is 112 cm³/mol. The molecule has 0 saturated heterocycles. The van der Waals surface area contributed by atoms with Gasteiger partial charge >= 0.3 is 0 Å². The van der Waals surface area contributed by atoms with Crippen LogP contribution in [0, 0.1) is 0 Å². The third-order valence-electron chi connectivity index (χ3n) is 4.77. The monoisotopic (exact) mass is 380 g/mol. The van der Waals surface area contributed by atoms with E-state index in [4.69, 9.17) is 13.9 Å². The Morgan fingerprint density at radius 2 is 1.75 bits per heavy atom. The van der Waals surface area contributed by atoms with Crippen molar-refractivity contribution in [2.24, 2.45) is 0 Å². The molecule has 28 heavy (non-hydrogen) atoms. The van der Waals surface area contributed by atoms with E-state index < -0.39 is 11.2 Å². The van der Waals surface area contributed by atoms with Crippen LogP contribution in [0.4, 0.5) is 0 Å². The second kappa shape index (κ2) is 7.70. The van der Waals surface area contributed by atoms with Gasteiger partial charge in [0.2, 0.25) is 0 Å². The summed E-state index contributed by atoms with van der Waals surface area (Å²) in [5.74, 6) is 1.59. The van der Waals surface area contributed by atoms with Crippen LogP contribution in [0.5, 0.6) is 5.75 Å². The summed E-state index contributed by atoms with van der Waals surface area (Å²) in [6.07, 6.45) is 1.51. The van der Waals surface area contributed by atoms with Gasteiger partial charge in [0.1, 0.15) is 28.3 Å². The van der Waals surface area contributed by atoms with Crippen molar-refractivity contribution in [1.82, 2.24) is 0 Å². The standard InChI is InChI=1S/C24H28O4/c1-6-17-9-7-8-10-20(17)22-13-18-11-12-19(14-21(18)27-22)28-24(4,5)15-23(2,3)26-16-25/h7-14,16H,6,15H2,1-5H3. The highest BCUT2D eigenvalue weighted by molar-refractivity contribution is 5.84. The minimum Gasteiger partial charge on any atom is -0.488 e. The molecule has 0 atom stereocenters. The van der Waals surface area contributed by atoms with Gasteiger partial charge in [0.25, 0.3) is 6.47 Å². The van der Waals surface area contributed by atoms with E-state index in [9.17, 15) is 4.79 Å². The highest BCUT2D eigenvalue weighted by Gasteiger charge is 2.32. The number of aryl methyl sites for hydroxylation is 1. The molecule has 0 spiro atoms. The Hall–Kier alpha value is -2.75. The summed E-state index contributed by atoms with van der Waals surface area (Å²) in [5.41, 5.74) is 2.06. The Morgan fingerprint density at radius 3 is 2.46 bits per heavy atom. The van der Waals surface area contributed by atoms with Crippen LogP contribution in [0.15, 0.2) is 52.9 Å². The number of hydrogen-bond donors (Lipinski definition) is 0. The van der Waals surface area contributed by atoms with Crippen LogP contribution in [-0.2, 0) is 16.0 Å². The molecule has 0 unspecified atom stereocenters. The van der Waals surface area contributed by atoms with Gasteiger partial charge in [-0.05, 0) is 57.9 Å². The average Bonchev–Trinajstić information content (AvgIpc) is 3.03. The Balaban J connectivity index is 1.86. The molecule has 1 heterocycles. The second-order valence-corrected chi connectivity index (χ2v) is 8.33. The first-order valence-corrected chi connectivity index (χ1v) is 9.65. The summed E-state index contributed by atoms with van der Waals surface area (Å²) >= 11 is 0. The zero-order valence-electron chi connectivity index (χ0n) is 17.2. The normalized spacial score (nSPS) is 12.2. The van der Waals surface area contributed by atoms with Crippen molar-refractivity contribution in [1.29, 1.82) is 0 Å². The van der Waals surface area contributed by atoms with Crippen LogP contribution < -0.4 is 4.74 Å². The third-order valence-corrected chi connectivity index (χ3v) is 4.77. The zero-order chi connectivity index (χ0) is 20.4. The molecule has 0 aliphatic heterocycles. The summed E-state index contributed by atoms with van der Waals surface area (Å²) in [5, 5.41) is 1.04. The Morgan fingerprint density at radius 1 is 1.00 bits per heavy atom. The highest BCUT2D eigenvalue weighted by atomic mass is 16.5. The lowest BCUT2D eigenvalue weighted by atomic mass is 9.92. The summed E-state index contributed by atoms with van der Waals surface area (Å²) in [6, 6.07) is 16.2. The maximum absolute atomic E-state index is 10.7. The van der Waals surface area contributed by atoms with Gasteiger partial charge in [-0.25, -0.2) is 0 Å². The van der Waals surface area contributed by atoms with Crippen molar-refractivity contribution in [3.8, 4) is 17.1 Å². The van der Waals surface area contributed by atoms with Crippen molar-refractivity contribution in [2.75, 3.05) is 0 Å². The van der Waals surface area contributed by atoms with Crippen molar-refractivity contribution < 1.29 is 18.7 Å². The maximum atomic E-state index is 10.7. The molecule has 0 N–H and O–H groups in total. The Labute approximate surface area is 166 Å². The summed E-state index contributed by atoms with van der Waals surface area (Å²) in [7, 11) is 0. The van der Waals surface area contributed by atoms with Crippen LogP contribution in [0.3, 0.4) is 0 Å². The van der Waals surface area contributed by atoms with Crippen LogP contribution in [-0.4, -0.2) is 17.7 Å². The quantitative estimate of drug-likeness (QED) is 0.439. The molecule has 1 aromatic heterocycles. The van der Waals surface area contributed by atoms with Crippen molar-refractivity contribution >= 4 is 17.4 Å². The van der Waals surface area contributed by atoms with Crippen LogP contribution in [0.1, 0.15) is 46.6 Å². The summed E-state index contributed by atoms with van der Waals surface area (Å²) in [6.45, 7) is 10.3. The lowest BCUT2D eigenvalue weighted by molar-refractivity contribution is -0.144. The van der Waals surface area contributed by atoms with Gasteiger partial charge in [-0.1, -0.05) is 31.2 Å². The van der Waals surface area contributed by atoms with Gasteiger partial charge in [0.15, 0.2) is 0 Å². The molecule has 4 nitrogen and oxygen atoms in total. The molecule has 2 aromatic carbocycles. The molecular formula is C24H28O4. The predicted octanol–water partition coefficient (Wildman–Crippen LogP) is 6.16. The third kappa shape index (κ3) is 4.56. The van der Waals surface area contributed by atoms with E-state index in [1.54, 1.807) is 0 Å². The molecule has 4 heteroatoms. The van der Waals surface area contributed by atoms with Gasteiger partial charge in [-0.2, -0.15) is 0 Å². The molecule has 3 rings (SSSR count). The molecule has 3 aromatic rings.